The molecule has 2 rings (SSSR count). The lowest BCUT2D eigenvalue weighted by Crippen LogP contribution is -2.20. The van der Waals surface area contributed by atoms with Crippen LogP contribution in [-0.4, -0.2) is 17.7 Å². The Balaban J connectivity index is 2.27. The van der Waals surface area contributed by atoms with E-state index in [1.165, 1.54) is 0 Å². The van der Waals surface area contributed by atoms with Crippen molar-refractivity contribution in [2.24, 2.45) is 0 Å². The largest absolute Gasteiger partial charge is 0.493 e. The molecule has 0 amide bonds. The van der Waals surface area contributed by atoms with Crippen LogP contribution in [0.15, 0.2) is 42.5 Å². The lowest BCUT2D eigenvalue weighted by Gasteiger charge is -2.18. The van der Waals surface area contributed by atoms with E-state index in [9.17, 15) is 9.90 Å². The number of rotatable bonds is 8. The molecule has 0 aliphatic heterocycles. The van der Waals surface area contributed by atoms with Crippen molar-refractivity contribution in [1.29, 1.82) is 5.26 Å². The minimum Gasteiger partial charge on any atom is -0.493 e. The monoisotopic (exact) mass is 338 g/mol. The third-order valence-corrected chi connectivity index (χ3v) is 3.83. The lowest BCUT2D eigenvalue weighted by atomic mass is 10.0. The number of carboxylic acids is 1. The molecule has 1 unspecified atom stereocenters. The zero-order valence-corrected chi connectivity index (χ0v) is 14.5. The number of hydrogen-bond donors (Lipinski definition) is 2. The molecule has 2 aromatic rings. The molecule has 0 radical (unpaired) electrons. The molecule has 2 N–H and O–H groups in total. The number of benzene rings is 2. The van der Waals surface area contributed by atoms with Gasteiger partial charge < -0.3 is 15.2 Å². The van der Waals surface area contributed by atoms with Gasteiger partial charge in [-0.05, 0) is 60.4 Å². The molecule has 0 aliphatic rings. The van der Waals surface area contributed by atoms with Crippen LogP contribution in [0.4, 0.5) is 5.69 Å². The highest BCUT2D eigenvalue weighted by atomic mass is 16.5. The molecular weight excluding hydrogens is 316 g/mol. The van der Waals surface area contributed by atoms with Crippen LogP contribution < -0.4 is 10.1 Å². The lowest BCUT2D eigenvalue weighted by molar-refractivity contribution is -0.138. The molecule has 0 saturated heterocycles. The van der Waals surface area contributed by atoms with E-state index < -0.39 is 12.0 Å². The predicted molar refractivity (Wildman–Crippen MR) is 96.8 cm³/mol. The second-order valence-electron chi connectivity index (χ2n) is 5.67. The summed E-state index contributed by atoms with van der Waals surface area (Å²) in [6, 6.07) is 13.4. The Labute approximate surface area is 147 Å². The minimum absolute atomic E-state index is 0.531. The number of anilines is 1. The number of hydrogen-bond acceptors (Lipinski definition) is 4. The number of ether oxygens (including phenoxy) is 1. The minimum atomic E-state index is -0.964. The number of nitriles is 1. The summed E-state index contributed by atoms with van der Waals surface area (Å²) < 4.78 is 5.72. The van der Waals surface area contributed by atoms with Crippen molar-refractivity contribution in [2.75, 3.05) is 11.9 Å². The van der Waals surface area contributed by atoms with Gasteiger partial charge in [-0.25, -0.2) is 4.79 Å². The van der Waals surface area contributed by atoms with Crippen LogP contribution in [0.3, 0.4) is 0 Å². The first-order valence-electron chi connectivity index (χ1n) is 8.34. The quantitative estimate of drug-likeness (QED) is 0.755. The third kappa shape index (κ3) is 4.74. The van der Waals surface area contributed by atoms with Crippen molar-refractivity contribution in [1.82, 2.24) is 0 Å². The third-order valence-electron chi connectivity index (χ3n) is 3.83. The Kier molecular flexibility index (Phi) is 6.41. The van der Waals surface area contributed by atoms with Gasteiger partial charge in [0.1, 0.15) is 5.75 Å². The maximum atomic E-state index is 11.7. The van der Waals surface area contributed by atoms with Gasteiger partial charge in [0.15, 0.2) is 6.04 Å². The normalized spacial score (nSPS) is 11.4. The molecule has 25 heavy (non-hydrogen) atoms. The summed E-state index contributed by atoms with van der Waals surface area (Å²) in [6.07, 6.45) is 1.68. The van der Waals surface area contributed by atoms with Gasteiger partial charge in [-0.2, -0.15) is 5.26 Å². The second-order valence-corrected chi connectivity index (χ2v) is 5.67. The van der Waals surface area contributed by atoms with E-state index in [0.29, 0.717) is 23.4 Å². The van der Waals surface area contributed by atoms with Crippen LogP contribution in [-0.2, 0) is 11.2 Å². The molecule has 0 bridgehead atoms. The summed E-state index contributed by atoms with van der Waals surface area (Å²) in [5.41, 5.74) is 2.83. The number of carbonyl (C=O) groups is 1. The topological polar surface area (TPSA) is 82.3 Å². The van der Waals surface area contributed by atoms with Gasteiger partial charge in [0, 0.05) is 5.69 Å². The highest BCUT2D eigenvalue weighted by Crippen LogP contribution is 2.27. The molecule has 5 nitrogen and oxygen atoms in total. The van der Waals surface area contributed by atoms with Gasteiger partial charge in [-0.3, -0.25) is 0 Å². The molecule has 0 aromatic heterocycles. The van der Waals surface area contributed by atoms with E-state index in [0.717, 1.165) is 24.2 Å². The van der Waals surface area contributed by atoms with Gasteiger partial charge in [0.25, 0.3) is 0 Å². The van der Waals surface area contributed by atoms with E-state index in [-0.39, 0.29) is 0 Å². The van der Waals surface area contributed by atoms with E-state index in [1.807, 2.05) is 32.0 Å². The number of carboxylic acid groups (broad SMARTS) is 1. The summed E-state index contributed by atoms with van der Waals surface area (Å²) in [5, 5.41) is 21.5. The van der Waals surface area contributed by atoms with Gasteiger partial charge in [-0.15, -0.1) is 0 Å². The molecule has 130 valence electrons. The smallest absolute Gasteiger partial charge is 0.330 e. The van der Waals surface area contributed by atoms with E-state index in [4.69, 9.17) is 10.00 Å². The average molecular weight is 338 g/mol. The van der Waals surface area contributed by atoms with Gasteiger partial charge >= 0.3 is 5.97 Å². The van der Waals surface area contributed by atoms with E-state index in [1.54, 1.807) is 30.3 Å². The van der Waals surface area contributed by atoms with Crippen LogP contribution in [0, 0.1) is 11.3 Å². The number of aryl methyl sites for hydroxylation is 1. The molecule has 5 heteroatoms. The molecule has 0 spiro atoms. The first-order valence-corrected chi connectivity index (χ1v) is 8.34. The Morgan fingerprint density at radius 2 is 1.96 bits per heavy atom. The van der Waals surface area contributed by atoms with Crippen molar-refractivity contribution in [3.05, 3.63) is 59.2 Å². The van der Waals surface area contributed by atoms with Gasteiger partial charge in [-0.1, -0.05) is 19.9 Å². The molecular formula is C20H22N2O3. The first kappa shape index (κ1) is 18.3. The summed E-state index contributed by atoms with van der Waals surface area (Å²) in [6.45, 7) is 4.70. The molecule has 0 aliphatic carbocycles. The summed E-state index contributed by atoms with van der Waals surface area (Å²) in [4.78, 5) is 11.7. The van der Waals surface area contributed by atoms with Crippen molar-refractivity contribution in [3.8, 4) is 11.8 Å². The Morgan fingerprint density at radius 1 is 1.24 bits per heavy atom. The van der Waals surface area contributed by atoms with Crippen LogP contribution in [0.2, 0.25) is 0 Å². The fourth-order valence-electron chi connectivity index (χ4n) is 2.50. The van der Waals surface area contributed by atoms with Crippen LogP contribution in [0.25, 0.3) is 0 Å². The van der Waals surface area contributed by atoms with Crippen LogP contribution in [0.5, 0.6) is 5.75 Å². The van der Waals surface area contributed by atoms with Crippen molar-refractivity contribution in [2.45, 2.75) is 32.7 Å². The first-order chi connectivity index (χ1) is 12.1. The van der Waals surface area contributed by atoms with Crippen molar-refractivity contribution < 1.29 is 14.6 Å². The van der Waals surface area contributed by atoms with E-state index >= 15 is 0 Å². The van der Waals surface area contributed by atoms with Crippen LogP contribution >= 0.6 is 0 Å². The SMILES string of the molecule is CCCOc1ccc(C(Nc2ccc(C#N)cc2)C(=O)O)cc1CC. The summed E-state index contributed by atoms with van der Waals surface area (Å²) in [5.74, 6) is -0.163. The highest BCUT2D eigenvalue weighted by Gasteiger charge is 2.21. The molecule has 1 atom stereocenters. The number of aliphatic carboxylic acids is 1. The Bertz CT molecular complexity index is 764. The Hall–Kier alpha value is -3.00. The van der Waals surface area contributed by atoms with Crippen LogP contribution in [0.1, 0.15) is 43.0 Å². The Morgan fingerprint density at radius 3 is 2.52 bits per heavy atom. The molecule has 0 fully saturated rings. The predicted octanol–water partition coefficient (Wildman–Crippen LogP) is 4.15. The molecule has 0 saturated carbocycles. The van der Waals surface area contributed by atoms with Crippen molar-refractivity contribution in [3.63, 3.8) is 0 Å². The fourth-order valence-corrected chi connectivity index (χ4v) is 2.50. The zero-order valence-electron chi connectivity index (χ0n) is 14.5. The van der Waals surface area contributed by atoms with Gasteiger partial charge in [0.2, 0.25) is 0 Å². The molecule has 2 aromatic carbocycles. The van der Waals surface area contributed by atoms with E-state index in [2.05, 4.69) is 5.32 Å². The highest BCUT2D eigenvalue weighted by molar-refractivity contribution is 5.79. The molecule has 0 heterocycles. The number of nitrogens with one attached hydrogen (secondary N) is 1. The maximum absolute atomic E-state index is 11.7. The fraction of sp³-hybridized carbons (Fsp3) is 0.300. The standard InChI is InChI=1S/C20H22N2O3/c1-3-11-25-18-10-7-16(12-15(18)4-2)19(20(23)24)22-17-8-5-14(13-21)6-9-17/h5-10,12,19,22H,3-4,11H2,1-2H3,(H,23,24). The zero-order chi connectivity index (χ0) is 18.2. The summed E-state index contributed by atoms with van der Waals surface area (Å²) >= 11 is 0. The second kappa shape index (κ2) is 8.74. The van der Waals surface area contributed by atoms with Crippen molar-refractivity contribution >= 4 is 11.7 Å². The maximum Gasteiger partial charge on any atom is 0.330 e. The number of nitrogens with zero attached hydrogens (tertiary/aromatic N) is 1. The average Bonchev–Trinajstić information content (AvgIpc) is 2.64. The summed E-state index contributed by atoms with van der Waals surface area (Å²) in [7, 11) is 0. The van der Waals surface area contributed by atoms with Gasteiger partial charge in [0.05, 0.1) is 18.2 Å².